The number of hydrogen-bond acceptors (Lipinski definition) is 4. The second-order valence-electron chi connectivity index (χ2n) is 8.83. The minimum Gasteiger partial charge on any atom is -0.444 e. The van der Waals surface area contributed by atoms with Gasteiger partial charge < -0.3 is 25.4 Å². The number of guanidine groups is 1. The van der Waals surface area contributed by atoms with Gasteiger partial charge in [-0.05, 0) is 71.1 Å². The van der Waals surface area contributed by atoms with Crippen LogP contribution in [0.4, 0.5) is 9.18 Å². The predicted molar refractivity (Wildman–Crippen MR) is 121 cm³/mol. The largest absolute Gasteiger partial charge is 0.444 e. The van der Waals surface area contributed by atoms with Crippen molar-refractivity contribution in [1.29, 1.82) is 0 Å². The highest BCUT2D eigenvalue weighted by molar-refractivity contribution is 5.80. The van der Waals surface area contributed by atoms with E-state index in [4.69, 9.17) is 9.47 Å². The van der Waals surface area contributed by atoms with Crippen LogP contribution in [-0.4, -0.2) is 49.9 Å². The van der Waals surface area contributed by atoms with Crippen LogP contribution in [0.1, 0.15) is 65.0 Å². The molecule has 1 fully saturated rings. The quantitative estimate of drug-likeness (QED) is 0.446. The number of benzene rings is 1. The molecule has 8 heteroatoms. The minimum absolute atomic E-state index is 0.128. The van der Waals surface area contributed by atoms with Gasteiger partial charge in [0.15, 0.2) is 5.96 Å². The molecular formula is C23H37FN4O3. The van der Waals surface area contributed by atoms with Crippen molar-refractivity contribution in [2.75, 3.05) is 20.2 Å². The van der Waals surface area contributed by atoms with E-state index in [9.17, 15) is 9.18 Å². The number of alkyl carbamates (subject to hydrolysis) is 1. The van der Waals surface area contributed by atoms with Gasteiger partial charge in [-0.25, -0.2) is 9.18 Å². The van der Waals surface area contributed by atoms with E-state index >= 15 is 0 Å². The summed E-state index contributed by atoms with van der Waals surface area (Å²) in [5.74, 6) is 0.462. The first kappa shape index (κ1) is 24.9. The van der Waals surface area contributed by atoms with Gasteiger partial charge in [-0.15, -0.1) is 0 Å². The Kier molecular flexibility index (Phi) is 9.55. The SMILES string of the molecule is CCNC(=NCC(OC)c1ccc(F)cc1)NC1CCC(NC(=O)OC(C)(C)C)CC1. The first-order chi connectivity index (χ1) is 14.7. The molecule has 2 rings (SSSR count). The van der Waals surface area contributed by atoms with Crippen molar-refractivity contribution in [2.24, 2.45) is 4.99 Å². The van der Waals surface area contributed by atoms with E-state index in [1.165, 1.54) is 12.1 Å². The van der Waals surface area contributed by atoms with E-state index in [-0.39, 0.29) is 30.1 Å². The fraction of sp³-hybridized carbons (Fsp3) is 0.652. The number of nitrogens with one attached hydrogen (secondary N) is 3. The normalized spacial score (nSPS) is 20.6. The monoisotopic (exact) mass is 436 g/mol. The van der Waals surface area contributed by atoms with Crippen LogP contribution in [-0.2, 0) is 9.47 Å². The van der Waals surface area contributed by atoms with Crippen molar-refractivity contribution in [2.45, 2.75) is 77.2 Å². The molecule has 0 bridgehead atoms. The molecule has 0 saturated heterocycles. The van der Waals surface area contributed by atoms with Gasteiger partial charge in [0.25, 0.3) is 0 Å². The lowest BCUT2D eigenvalue weighted by Gasteiger charge is -2.31. The lowest BCUT2D eigenvalue weighted by atomic mass is 9.91. The third-order valence-corrected chi connectivity index (χ3v) is 5.07. The van der Waals surface area contributed by atoms with Gasteiger partial charge in [0, 0.05) is 25.7 Å². The standard InChI is InChI=1S/C23H37FN4O3/c1-6-25-21(26-15-20(30-5)16-7-9-17(24)10-8-16)27-18-11-13-19(14-12-18)28-22(29)31-23(2,3)4/h7-10,18-20H,6,11-15H2,1-5H3,(H,28,29)(H2,25,26,27). The Morgan fingerprint density at radius 1 is 1.13 bits per heavy atom. The molecular weight excluding hydrogens is 399 g/mol. The topological polar surface area (TPSA) is 84.0 Å². The van der Waals surface area contributed by atoms with Gasteiger partial charge in [0.1, 0.15) is 17.5 Å². The summed E-state index contributed by atoms with van der Waals surface area (Å²) < 4.78 is 24.1. The third kappa shape index (κ3) is 9.12. The van der Waals surface area contributed by atoms with Crippen LogP contribution in [0, 0.1) is 5.82 Å². The number of methoxy groups -OCH3 is 1. The lowest BCUT2D eigenvalue weighted by molar-refractivity contribution is 0.0490. The second kappa shape index (κ2) is 11.9. The van der Waals surface area contributed by atoms with E-state index in [1.54, 1.807) is 19.2 Å². The summed E-state index contributed by atoms with van der Waals surface area (Å²) in [4.78, 5) is 16.6. The van der Waals surface area contributed by atoms with Crippen molar-refractivity contribution < 1.29 is 18.7 Å². The van der Waals surface area contributed by atoms with Gasteiger partial charge >= 0.3 is 6.09 Å². The van der Waals surface area contributed by atoms with E-state index in [1.807, 2.05) is 27.7 Å². The summed E-state index contributed by atoms with van der Waals surface area (Å²) in [5, 5.41) is 9.73. The molecule has 1 saturated carbocycles. The number of carbonyl (C=O) groups is 1. The first-order valence-electron chi connectivity index (χ1n) is 11.0. The Hall–Kier alpha value is -2.35. The van der Waals surface area contributed by atoms with Crippen molar-refractivity contribution in [1.82, 2.24) is 16.0 Å². The fourth-order valence-electron chi connectivity index (χ4n) is 3.54. The number of aliphatic imine (C=N–C) groups is 1. The number of rotatable bonds is 7. The highest BCUT2D eigenvalue weighted by Gasteiger charge is 2.25. The van der Waals surface area contributed by atoms with Crippen molar-refractivity contribution in [3.05, 3.63) is 35.6 Å². The number of halogens is 1. The Morgan fingerprint density at radius 3 is 2.23 bits per heavy atom. The molecule has 0 aromatic heterocycles. The maximum atomic E-state index is 13.2. The summed E-state index contributed by atoms with van der Waals surface area (Å²) in [5.41, 5.74) is 0.394. The molecule has 0 heterocycles. The molecule has 0 aliphatic heterocycles. The molecule has 1 aliphatic carbocycles. The van der Waals surface area contributed by atoms with Crippen molar-refractivity contribution in [3.63, 3.8) is 0 Å². The van der Waals surface area contributed by atoms with Crippen molar-refractivity contribution in [3.8, 4) is 0 Å². The van der Waals surface area contributed by atoms with Crippen LogP contribution >= 0.6 is 0 Å². The van der Waals surface area contributed by atoms with Crippen LogP contribution in [0.25, 0.3) is 0 Å². The molecule has 1 aliphatic rings. The van der Waals surface area contributed by atoms with Gasteiger partial charge in [0.05, 0.1) is 6.54 Å². The molecule has 174 valence electrons. The zero-order valence-corrected chi connectivity index (χ0v) is 19.3. The fourth-order valence-corrected chi connectivity index (χ4v) is 3.54. The Bertz CT molecular complexity index is 711. The van der Waals surface area contributed by atoms with Crippen molar-refractivity contribution >= 4 is 12.1 Å². The lowest BCUT2D eigenvalue weighted by Crippen LogP contribution is -2.48. The van der Waals surface area contributed by atoms with Crippen LogP contribution < -0.4 is 16.0 Å². The van der Waals surface area contributed by atoms with E-state index in [0.717, 1.165) is 43.8 Å². The second-order valence-corrected chi connectivity index (χ2v) is 8.83. The highest BCUT2D eigenvalue weighted by atomic mass is 19.1. The molecule has 1 atom stereocenters. The summed E-state index contributed by atoms with van der Waals surface area (Å²) in [7, 11) is 1.63. The number of nitrogens with zero attached hydrogens (tertiary/aromatic N) is 1. The molecule has 1 unspecified atom stereocenters. The first-order valence-corrected chi connectivity index (χ1v) is 11.0. The number of ether oxygens (including phenoxy) is 2. The van der Waals surface area contributed by atoms with E-state index in [0.29, 0.717) is 6.54 Å². The maximum Gasteiger partial charge on any atom is 0.407 e. The van der Waals surface area contributed by atoms with Crippen LogP contribution in [0.5, 0.6) is 0 Å². The summed E-state index contributed by atoms with van der Waals surface area (Å²) in [6, 6.07) is 6.71. The maximum absolute atomic E-state index is 13.2. The van der Waals surface area contributed by atoms with Gasteiger partial charge in [-0.2, -0.15) is 0 Å². The molecule has 0 radical (unpaired) electrons. The number of carbonyl (C=O) groups excluding carboxylic acids is 1. The Labute approximate surface area is 185 Å². The zero-order valence-electron chi connectivity index (χ0n) is 19.3. The summed E-state index contributed by atoms with van der Waals surface area (Å²) in [6.07, 6.45) is 3.02. The highest BCUT2D eigenvalue weighted by Crippen LogP contribution is 2.20. The molecule has 1 aromatic rings. The third-order valence-electron chi connectivity index (χ3n) is 5.07. The van der Waals surface area contributed by atoms with Gasteiger partial charge in [0.2, 0.25) is 0 Å². The van der Waals surface area contributed by atoms with Gasteiger partial charge in [-0.3, -0.25) is 4.99 Å². The van der Waals surface area contributed by atoms with Gasteiger partial charge in [-0.1, -0.05) is 12.1 Å². The Balaban J connectivity index is 1.86. The zero-order chi connectivity index (χ0) is 22.9. The summed E-state index contributed by atoms with van der Waals surface area (Å²) in [6.45, 7) is 8.77. The molecule has 3 N–H and O–H groups in total. The number of amides is 1. The number of hydrogen-bond donors (Lipinski definition) is 3. The Morgan fingerprint density at radius 2 is 1.71 bits per heavy atom. The van der Waals surface area contributed by atoms with Crippen LogP contribution in [0.15, 0.2) is 29.3 Å². The smallest absolute Gasteiger partial charge is 0.407 e. The van der Waals surface area contributed by atoms with E-state index < -0.39 is 5.60 Å². The molecule has 31 heavy (non-hydrogen) atoms. The average Bonchev–Trinajstić information content (AvgIpc) is 2.69. The average molecular weight is 437 g/mol. The molecule has 0 spiro atoms. The minimum atomic E-state index is -0.492. The molecule has 1 aromatic carbocycles. The van der Waals surface area contributed by atoms with Crippen LogP contribution in [0.3, 0.4) is 0 Å². The predicted octanol–water partition coefficient (Wildman–Crippen LogP) is 3.90. The summed E-state index contributed by atoms with van der Waals surface area (Å²) >= 11 is 0. The van der Waals surface area contributed by atoms with E-state index in [2.05, 4.69) is 20.9 Å². The molecule has 7 nitrogen and oxygen atoms in total. The molecule has 1 amide bonds. The van der Waals surface area contributed by atoms with Crippen LogP contribution in [0.2, 0.25) is 0 Å².